The Morgan fingerprint density at radius 2 is 1.86 bits per heavy atom. The van der Waals surface area contributed by atoms with Crippen LogP contribution in [0.3, 0.4) is 0 Å². The lowest BCUT2D eigenvalue weighted by molar-refractivity contribution is -0.132. The molecule has 0 unspecified atom stereocenters. The van der Waals surface area contributed by atoms with Crippen LogP contribution < -0.4 is 10.2 Å². The predicted molar refractivity (Wildman–Crippen MR) is 110 cm³/mol. The molecule has 1 saturated heterocycles. The van der Waals surface area contributed by atoms with E-state index >= 15 is 0 Å². The zero-order valence-electron chi connectivity index (χ0n) is 16.8. The van der Waals surface area contributed by atoms with Crippen molar-refractivity contribution < 1.29 is 14.0 Å². The summed E-state index contributed by atoms with van der Waals surface area (Å²) in [6.45, 7) is 4.38. The number of hydrogen-bond acceptors (Lipinski definition) is 5. The third kappa shape index (κ3) is 5.74. The first kappa shape index (κ1) is 20.7. The Bertz CT molecular complexity index is 868. The molecule has 0 aliphatic carbocycles. The van der Waals surface area contributed by atoms with Gasteiger partial charge in [-0.25, -0.2) is 9.37 Å². The molecule has 1 aliphatic rings. The van der Waals surface area contributed by atoms with Gasteiger partial charge in [-0.2, -0.15) is 0 Å². The zero-order valence-corrected chi connectivity index (χ0v) is 16.8. The summed E-state index contributed by atoms with van der Waals surface area (Å²) in [6, 6.07) is 10.3. The third-order valence-electron chi connectivity index (χ3n) is 4.83. The third-order valence-corrected chi connectivity index (χ3v) is 4.83. The summed E-state index contributed by atoms with van der Waals surface area (Å²) in [6.07, 6.45) is 1.64. The first-order chi connectivity index (χ1) is 13.9. The van der Waals surface area contributed by atoms with E-state index in [4.69, 9.17) is 0 Å². The lowest BCUT2D eigenvalue weighted by Gasteiger charge is -2.36. The number of halogens is 1. The van der Waals surface area contributed by atoms with Crippen LogP contribution in [-0.2, 0) is 9.59 Å². The van der Waals surface area contributed by atoms with Crippen molar-refractivity contribution in [2.24, 2.45) is 0 Å². The van der Waals surface area contributed by atoms with Crippen LogP contribution in [0.2, 0.25) is 0 Å². The second-order valence-corrected chi connectivity index (χ2v) is 7.26. The van der Waals surface area contributed by atoms with Crippen LogP contribution in [0, 0.1) is 12.7 Å². The van der Waals surface area contributed by atoms with Crippen molar-refractivity contribution in [3.05, 3.63) is 54.0 Å². The van der Waals surface area contributed by atoms with Crippen molar-refractivity contribution in [3.63, 3.8) is 0 Å². The topological polar surface area (TPSA) is 68.8 Å². The number of anilines is 2. The molecule has 0 saturated carbocycles. The van der Waals surface area contributed by atoms with Gasteiger partial charge in [0.1, 0.15) is 11.6 Å². The summed E-state index contributed by atoms with van der Waals surface area (Å²) in [4.78, 5) is 34.2. The highest BCUT2D eigenvalue weighted by molar-refractivity contribution is 5.91. The lowest BCUT2D eigenvalue weighted by atomic mass is 10.2. The maximum Gasteiger partial charge on any atom is 0.239 e. The molecule has 0 spiro atoms. The van der Waals surface area contributed by atoms with Gasteiger partial charge in [-0.3, -0.25) is 14.5 Å². The Morgan fingerprint density at radius 3 is 2.55 bits per heavy atom. The van der Waals surface area contributed by atoms with Crippen molar-refractivity contribution in [3.8, 4) is 0 Å². The minimum atomic E-state index is -0.249. The van der Waals surface area contributed by atoms with Gasteiger partial charge in [0, 0.05) is 32.4 Å². The quantitative estimate of drug-likeness (QED) is 0.802. The molecule has 29 heavy (non-hydrogen) atoms. The molecule has 2 amide bonds. The van der Waals surface area contributed by atoms with E-state index in [0.29, 0.717) is 37.7 Å². The van der Waals surface area contributed by atoms with E-state index in [2.05, 4.69) is 10.3 Å². The van der Waals surface area contributed by atoms with E-state index < -0.39 is 0 Å². The summed E-state index contributed by atoms with van der Waals surface area (Å²) in [5, 5.41) is 2.74. The van der Waals surface area contributed by atoms with E-state index in [1.54, 1.807) is 41.2 Å². The van der Waals surface area contributed by atoms with Crippen molar-refractivity contribution >= 4 is 23.3 Å². The number of nitrogens with one attached hydrogen (secondary N) is 1. The average Bonchev–Trinajstić information content (AvgIpc) is 2.68. The van der Waals surface area contributed by atoms with Crippen LogP contribution in [0.4, 0.5) is 15.9 Å². The standard InChI is InChI=1S/C21H26FN5O2/c1-16-7-8-23-19(13-16)24-20(28)14-25(2)15-21(29)27-11-9-26(10-12-27)18-6-4-3-5-17(18)22/h3-8,13H,9-12,14-15H2,1-2H3,(H,23,24,28). The molecule has 8 heteroatoms. The second-order valence-electron chi connectivity index (χ2n) is 7.26. The Morgan fingerprint density at radius 1 is 1.14 bits per heavy atom. The summed E-state index contributed by atoms with van der Waals surface area (Å²) >= 11 is 0. The molecule has 0 bridgehead atoms. The van der Waals surface area contributed by atoms with Crippen molar-refractivity contribution in [2.75, 3.05) is 56.5 Å². The largest absolute Gasteiger partial charge is 0.366 e. The van der Waals surface area contributed by atoms with Crippen LogP contribution in [0.5, 0.6) is 0 Å². The first-order valence-corrected chi connectivity index (χ1v) is 9.60. The SMILES string of the molecule is Cc1ccnc(NC(=O)CN(C)CC(=O)N2CCN(c3ccccc3F)CC2)c1. The minimum Gasteiger partial charge on any atom is -0.366 e. The Balaban J connectivity index is 1.44. The van der Waals surface area contributed by atoms with Crippen LogP contribution >= 0.6 is 0 Å². The fourth-order valence-electron chi connectivity index (χ4n) is 3.32. The van der Waals surface area contributed by atoms with Crippen LogP contribution in [0.1, 0.15) is 5.56 Å². The Labute approximate surface area is 170 Å². The van der Waals surface area contributed by atoms with E-state index in [-0.39, 0.29) is 30.7 Å². The summed E-state index contributed by atoms with van der Waals surface area (Å²) in [5.41, 5.74) is 1.58. The fourth-order valence-corrected chi connectivity index (χ4v) is 3.32. The molecule has 7 nitrogen and oxygen atoms in total. The number of pyridine rings is 1. The number of aromatic nitrogens is 1. The molecule has 3 rings (SSSR count). The van der Waals surface area contributed by atoms with Gasteiger partial charge >= 0.3 is 0 Å². The smallest absolute Gasteiger partial charge is 0.239 e. The number of para-hydroxylation sites is 1. The number of amides is 2. The van der Waals surface area contributed by atoms with Crippen LogP contribution in [-0.4, -0.2) is 72.9 Å². The normalized spacial score (nSPS) is 14.2. The van der Waals surface area contributed by atoms with Gasteiger partial charge in [0.15, 0.2) is 0 Å². The molecular formula is C21H26FN5O2. The van der Waals surface area contributed by atoms with Crippen LogP contribution in [0.25, 0.3) is 0 Å². The number of benzene rings is 1. The predicted octanol–water partition coefficient (Wildman–Crippen LogP) is 1.75. The van der Waals surface area contributed by atoms with Gasteiger partial charge in [0.05, 0.1) is 18.8 Å². The molecule has 1 N–H and O–H groups in total. The number of nitrogens with zero attached hydrogens (tertiary/aromatic N) is 4. The van der Waals surface area contributed by atoms with Crippen molar-refractivity contribution in [1.29, 1.82) is 0 Å². The Kier molecular flexibility index (Phi) is 6.77. The molecule has 1 aromatic carbocycles. The number of piperazine rings is 1. The van der Waals surface area contributed by atoms with E-state index in [1.807, 2.05) is 24.0 Å². The van der Waals surface area contributed by atoms with Gasteiger partial charge in [-0.15, -0.1) is 0 Å². The summed E-state index contributed by atoms with van der Waals surface area (Å²) < 4.78 is 13.9. The van der Waals surface area contributed by atoms with Crippen molar-refractivity contribution in [1.82, 2.24) is 14.8 Å². The maximum absolute atomic E-state index is 13.9. The van der Waals surface area contributed by atoms with Gasteiger partial charge in [-0.05, 0) is 43.8 Å². The number of hydrogen-bond donors (Lipinski definition) is 1. The minimum absolute atomic E-state index is 0.0397. The average molecular weight is 399 g/mol. The number of rotatable bonds is 6. The van der Waals surface area contributed by atoms with E-state index in [1.165, 1.54) is 6.07 Å². The van der Waals surface area contributed by atoms with Gasteiger partial charge in [0.25, 0.3) is 0 Å². The van der Waals surface area contributed by atoms with Crippen LogP contribution in [0.15, 0.2) is 42.6 Å². The summed E-state index contributed by atoms with van der Waals surface area (Å²) in [5.74, 6) is -0.00921. The molecule has 154 valence electrons. The van der Waals surface area contributed by atoms with Crippen molar-refractivity contribution in [2.45, 2.75) is 6.92 Å². The highest BCUT2D eigenvalue weighted by atomic mass is 19.1. The van der Waals surface area contributed by atoms with Gasteiger partial charge < -0.3 is 15.1 Å². The number of likely N-dealkylation sites (N-methyl/N-ethyl adjacent to an activating group) is 1. The number of carbonyl (C=O) groups excluding carboxylic acids is 2. The molecule has 0 atom stereocenters. The number of carbonyl (C=O) groups is 2. The molecule has 1 fully saturated rings. The zero-order chi connectivity index (χ0) is 20.8. The number of aryl methyl sites for hydroxylation is 1. The molecule has 0 radical (unpaired) electrons. The first-order valence-electron chi connectivity index (χ1n) is 9.60. The van der Waals surface area contributed by atoms with E-state index in [9.17, 15) is 14.0 Å². The molecule has 1 aromatic heterocycles. The van der Waals surface area contributed by atoms with Gasteiger partial charge in [0.2, 0.25) is 11.8 Å². The monoisotopic (exact) mass is 399 g/mol. The molecule has 2 aromatic rings. The van der Waals surface area contributed by atoms with E-state index in [0.717, 1.165) is 5.56 Å². The highest BCUT2D eigenvalue weighted by Gasteiger charge is 2.23. The Hall–Kier alpha value is -3.00. The molecule has 1 aliphatic heterocycles. The second kappa shape index (κ2) is 9.47. The molecule has 2 heterocycles. The summed E-state index contributed by atoms with van der Waals surface area (Å²) in [7, 11) is 1.73. The highest BCUT2D eigenvalue weighted by Crippen LogP contribution is 2.20. The lowest BCUT2D eigenvalue weighted by Crippen LogP contribution is -2.51. The fraction of sp³-hybridized carbons (Fsp3) is 0.381. The maximum atomic E-state index is 13.9. The van der Waals surface area contributed by atoms with Gasteiger partial charge in [-0.1, -0.05) is 12.1 Å². The molecular weight excluding hydrogens is 373 g/mol.